The second kappa shape index (κ2) is 4.26. The van der Waals surface area contributed by atoms with Gasteiger partial charge in [0.1, 0.15) is 13.2 Å². The summed E-state index contributed by atoms with van der Waals surface area (Å²) in [5, 5.41) is 0. The number of ether oxygens (including phenoxy) is 2. The van der Waals surface area contributed by atoms with Gasteiger partial charge in [-0.1, -0.05) is 0 Å². The molecule has 1 aliphatic rings. The van der Waals surface area contributed by atoms with Gasteiger partial charge in [-0.15, -0.1) is 12.4 Å². The van der Waals surface area contributed by atoms with Crippen LogP contribution < -0.4 is 9.47 Å². The van der Waals surface area contributed by atoms with Gasteiger partial charge < -0.3 is 9.47 Å². The van der Waals surface area contributed by atoms with E-state index >= 15 is 0 Å². The van der Waals surface area contributed by atoms with E-state index in [1.807, 2.05) is 0 Å². The molecule has 2 rings (SSSR count). The zero-order valence-electron chi connectivity index (χ0n) is 7.54. The molecule has 1 heterocycles. The smallest absolute Gasteiger partial charge is 0.294 e. The Labute approximate surface area is 93.2 Å². The highest BCUT2D eigenvalue weighted by atomic mass is 35.5. The minimum atomic E-state index is -4.17. The molecule has 0 aromatic heterocycles. The number of hydrogen-bond donors (Lipinski definition) is 1. The standard InChI is InChI=1S/C8H8O5S.ClH/c9-14(10,11)6-1-2-7-8(5-6)13-4-3-12-7;/h1-2,5H,3-4H2,(H,9,10,11);1H. The fourth-order valence-electron chi connectivity index (χ4n) is 1.18. The van der Waals surface area contributed by atoms with Gasteiger partial charge in [0.2, 0.25) is 0 Å². The Kier molecular flexibility index (Phi) is 3.43. The summed E-state index contributed by atoms with van der Waals surface area (Å²) >= 11 is 0. The van der Waals surface area contributed by atoms with Gasteiger partial charge in [-0.25, -0.2) is 0 Å². The predicted molar refractivity (Wildman–Crippen MR) is 54.5 cm³/mol. The zero-order valence-corrected chi connectivity index (χ0v) is 9.18. The van der Waals surface area contributed by atoms with Gasteiger partial charge in [0.25, 0.3) is 10.1 Å². The SMILES string of the molecule is Cl.O=S(=O)(O)c1ccc2c(c1)OCCO2. The molecule has 15 heavy (non-hydrogen) atoms. The molecule has 1 aromatic carbocycles. The highest BCUT2D eigenvalue weighted by molar-refractivity contribution is 7.85. The highest BCUT2D eigenvalue weighted by Gasteiger charge is 2.16. The summed E-state index contributed by atoms with van der Waals surface area (Å²) in [6.07, 6.45) is 0. The maximum Gasteiger partial charge on any atom is 0.294 e. The van der Waals surface area contributed by atoms with Gasteiger partial charge in [-0.05, 0) is 12.1 Å². The van der Waals surface area contributed by atoms with Gasteiger partial charge >= 0.3 is 0 Å². The van der Waals surface area contributed by atoms with E-state index in [1.165, 1.54) is 18.2 Å². The highest BCUT2D eigenvalue weighted by Crippen LogP contribution is 2.31. The summed E-state index contributed by atoms with van der Waals surface area (Å²) in [6.45, 7) is 0.820. The first kappa shape index (κ1) is 12.1. The van der Waals surface area contributed by atoms with Crippen molar-refractivity contribution in [3.05, 3.63) is 18.2 Å². The summed E-state index contributed by atoms with van der Waals surface area (Å²) in [4.78, 5) is -0.193. The Balaban J connectivity index is 0.00000112. The van der Waals surface area contributed by atoms with E-state index in [0.717, 1.165) is 0 Å². The molecular weight excluding hydrogens is 244 g/mol. The van der Waals surface area contributed by atoms with Crippen molar-refractivity contribution in [1.29, 1.82) is 0 Å². The lowest BCUT2D eigenvalue weighted by Crippen LogP contribution is -2.15. The van der Waals surface area contributed by atoms with Crippen LogP contribution >= 0.6 is 12.4 Å². The molecule has 0 saturated carbocycles. The molecule has 1 aliphatic heterocycles. The number of fused-ring (bicyclic) bond motifs is 1. The van der Waals surface area contributed by atoms with Crippen molar-refractivity contribution >= 4 is 22.5 Å². The molecule has 0 atom stereocenters. The Morgan fingerprint density at radius 3 is 2.33 bits per heavy atom. The molecule has 84 valence electrons. The zero-order chi connectivity index (χ0) is 10.2. The van der Waals surface area contributed by atoms with Crippen molar-refractivity contribution < 1.29 is 22.4 Å². The number of hydrogen-bond acceptors (Lipinski definition) is 4. The third kappa shape index (κ3) is 2.53. The largest absolute Gasteiger partial charge is 0.486 e. The lowest BCUT2D eigenvalue weighted by atomic mass is 10.3. The van der Waals surface area contributed by atoms with Crippen molar-refractivity contribution in [3.63, 3.8) is 0 Å². The molecule has 0 radical (unpaired) electrons. The molecule has 0 bridgehead atoms. The minimum Gasteiger partial charge on any atom is -0.486 e. The second-order valence-electron chi connectivity index (χ2n) is 2.78. The first-order chi connectivity index (χ1) is 6.57. The average Bonchev–Trinajstić information content (AvgIpc) is 2.16. The molecule has 7 heteroatoms. The molecule has 0 unspecified atom stereocenters. The summed E-state index contributed by atoms with van der Waals surface area (Å²) < 4.78 is 40.7. The van der Waals surface area contributed by atoms with Crippen LogP contribution in [0.2, 0.25) is 0 Å². The maximum atomic E-state index is 10.8. The third-order valence-corrected chi connectivity index (χ3v) is 2.66. The van der Waals surface area contributed by atoms with Gasteiger partial charge in [-0.2, -0.15) is 8.42 Å². The van der Waals surface area contributed by atoms with Crippen LogP contribution in [0.1, 0.15) is 0 Å². The quantitative estimate of drug-likeness (QED) is 0.759. The normalized spacial score (nSPS) is 14.2. The lowest BCUT2D eigenvalue weighted by Gasteiger charge is -2.18. The van der Waals surface area contributed by atoms with E-state index in [2.05, 4.69) is 0 Å². The first-order valence-corrected chi connectivity index (χ1v) is 5.38. The van der Waals surface area contributed by atoms with Gasteiger partial charge in [-0.3, -0.25) is 4.55 Å². The van der Waals surface area contributed by atoms with Gasteiger partial charge in [0, 0.05) is 6.07 Å². The summed E-state index contributed by atoms with van der Waals surface area (Å²) in [5.74, 6) is 0.829. The van der Waals surface area contributed by atoms with Crippen LogP contribution in [0.15, 0.2) is 23.1 Å². The average molecular weight is 253 g/mol. The van der Waals surface area contributed by atoms with Crippen molar-refractivity contribution in [2.45, 2.75) is 4.90 Å². The Bertz CT molecular complexity index is 456. The molecule has 0 fully saturated rings. The molecule has 5 nitrogen and oxygen atoms in total. The first-order valence-electron chi connectivity index (χ1n) is 3.94. The summed E-state index contributed by atoms with van der Waals surface area (Å²) in [5.41, 5.74) is 0. The second-order valence-corrected chi connectivity index (χ2v) is 4.20. The van der Waals surface area contributed by atoms with Crippen LogP contribution in [0.5, 0.6) is 11.5 Å². The van der Waals surface area contributed by atoms with Crippen molar-refractivity contribution in [2.24, 2.45) is 0 Å². The van der Waals surface area contributed by atoms with E-state index in [1.54, 1.807) is 0 Å². The van der Waals surface area contributed by atoms with Crippen molar-refractivity contribution in [1.82, 2.24) is 0 Å². The molecule has 1 aromatic rings. The van der Waals surface area contributed by atoms with E-state index in [-0.39, 0.29) is 17.3 Å². The number of benzene rings is 1. The van der Waals surface area contributed by atoms with Gasteiger partial charge in [0.15, 0.2) is 11.5 Å². The molecule has 0 spiro atoms. The fraction of sp³-hybridized carbons (Fsp3) is 0.250. The molecule has 0 saturated heterocycles. The Hall–Kier alpha value is -0.980. The Morgan fingerprint density at radius 2 is 1.73 bits per heavy atom. The van der Waals surface area contributed by atoms with Crippen LogP contribution in [0, 0.1) is 0 Å². The number of rotatable bonds is 1. The molecular formula is C8H9ClO5S. The van der Waals surface area contributed by atoms with Crippen LogP contribution in [-0.2, 0) is 10.1 Å². The van der Waals surface area contributed by atoms with Crippen LogP contribution in [0.4, 0.5) is 0 Å². The monoisotopic (exact) mass is 252 g/mol. The van der Waals surface area contributed by atoms with Gasteiger partial charge in [0.05, 0.1) is 4.90 Å². The predicted octanol–water partition coefficient (Wildman–Crippen LogP) is 1.13. The Morgan fingerprint density at radius 1 is 1.13 bits per heavy atom. The van der Waals surface area contributed by atoms with Crippen LogP contribution in [-0.4, -0.2) is 26.2 Å². The summed E-state index contributed by atoms with van der Waals surface area (Å²) in [6, 6.07) is 3.96. The lowest BCUT2D eigenvalue weighted by molar-refractivity contribution is 0.171. The van der Waals surface area contributed by atoms with E-state index in [4.69, 9.17) is 14.0 Å². The summed E-state index contributed by atoms with van der Waals surface area (Å²) in [7, 11) is -4.17. The third-order valence-electron chi connectivity index (χ3n) is 1.81. The van der Waals surface area contributed by atoms with E-state index in [9.17, 15) is 8.42 Å². The van der Waals surface area contributed by atoms with E-state index in [0.29, 0.717) is 24.7 Å². The van der Waals surface area contributed by atoms with Crippen molar-refractivity contribution in [2.75, 3.05) is 13.2 Å². The molecule has 1 N–H and O–H groups in total. The van der Waals surface area contributed by atoms with Crippen molar-refractivity contribution in [3.8, 4) is 11.5 Å². The number of halogens is 1. The van der Waals surface area contributed by atoms with Crippen LogP contribution in [0.3, 0.4) is 0 Å². The minimum absolute atomic E-state index is 0. The molecule has 0 aliphatic carbocycles. The fourth-order valence-corrected chi connectivity index (χ4v) is 1.68. The van der Waals surface area contributed by atoms with Crippen LogP contribution in [0.25, 0.3) is 0 Å². The topological polar surface area (TPSA) is 72.8 Å². The molecule has 0 amide bonds. The van der Waals surface area contributed by atoms with E-state index < -0.39 is 10.1 Å². The maximum absolute atomic E-state index is 10.8.